The average molecular weight is 389 g/mol. The first kappa shape index (κ1) is 16.0. The molecular weight excluding hydrogens is 378 g/mol. The number of thioether (sulfide) groups is 1. The zero-order chi connectivity index (χ0) is 17.2. The maximum absolute atomic E-state index is 12.2. The van der Waals surface area contributed by atoms with Gasteiger partial charge in [0, 0.05) is 0 Å². The molecule has 0 aliphatic rings. The van der Waals surface area contributed by atoms with Crippen LogP contribution in [0.1, 0.15) is 0 Å². The smallest absolute Gasteiger partial charge is 0.234 e. The van der Waals surface area contributed by atoms with Crippen LogP contribution >= 0.6 is 34.8 Å². The van der Waals surface area contributed by atoms with E-state index in [0.29, 0.717) is 22.2 Å². The number of thiophene rings is 1. The van der Waals surface area contributed by atoms with Gasteiger partial charge in [-0.2, -0.15) is 8.75 Å². The molecule has 8 nitrogen and oxygen atoms in total. The van der Waals surface area contributed by atoms with Crippen LogP contribution in [0.5, 0.6) is 0 Å². The highest BCUT2D eigenvalue weighted by atomic mass is 32.2. The van der Waals surface area contributed by atoms with Gasteiger partial charge >= 0.3 is 0 Å². The normalized spacial score (nSPS) is 11.0. The Morgan fingerprint density at radius 2 is 2.16 bits per heavy atom. The number of hydrogen-bond donors (Lipinski definition) is 2. The Morgan fingerprint density at radius 1 is 1.24 bits per heavy atom. The molecule has 0 saturated heterocycles. The SMILES string of the molecule is Nn1c(SCC(=O)Nc2cccc3nsnc23)nnc1-c1cccs1. The molecule has 0 aliphatic carbocycles. The van der Waals surface area contributed by atoms with Crippen molar-refractivity contribution in [2.45, 2.75) is 5.16 Å². The molecule has 3 aromatic heterocycles. The van der Waals surface area contributed by atoms with E-state index in [9.17, 15) is 4.79 Å². The van der Waals surface area contributed by atoms with E-state index in [1.165, 1.54) is 27.8 Å². The molecule has 0 radical (unpaired) electrons. The van der Waals surface area contributed by atoms with E-state index >= 15 is 0 Å². The van der Waals surface area contributed by atoms with E-state index in [4.69, 9.17) is 5.84 Å². The molecule has 25 heavy (non-hydrogen) atoms. The van der Waals surface area contributed by atoms with Gasteiger partial charge in [-0.05, 0) is 23.6 Å². The number of hydrogen-bond acceptors (Lipinski definition) is 9. The molecule has 3 N–H and O–H groups in total. The Labute approximate surface area is 154 Å². The fourth-order valence-electron chi connectivity index (χ4n) is 2.17. The van der Waals surface area contributed by atoms with Crippen molar-refractivity contribution in [3.63, 3.8) is 0 Å². The summed E-state index contributed by atoms with van der Waals surface area (Å²) in [7, 11) is 0. The zero-order valence-corrected chi connectivity index (χ0v) is 15.1. The minimum Gasteiger partial charge on any atom is -0.335 e. The number of rotatable bonds is 5. The standard InChI is InChI=1S/C14H11N7OS3/c15-21-13(10-5-2-6-23-10)17-18-14(21)24-7-11(22)16-8-3-1-4-9-12(8)20-25-19-9/h1-6H,7,15H2,(H,16,22). The van der Waals surface area contributed by atoms with Crippen LogP contribution in [0.2, 0.25) is 0 Å². The molecule has 4 rings (SSSR count). The summed E-state index contributed by atoms with van der Waals surface area (Å²) < 4.78 is 9.75. The van der Waals surface area contributed by atoms with Gasteiger partial charge in [0.2, 0.25) is 11.1 Å². The maximum Gasteiger partial charge on any atom is 0.234 e. The zero-order valence-electron chi connectivity index (χ0n) is 12.6. The molecule has 126 valence electrons. The van der Waals surface area contributed by atoms with Gasteiger partial charge in [0.1, 0.15) is 11.0 Å². The molecule has 0 atom stereocenters. The second kappa shape index (κ2) is 6.78. The van der Waals surface area contributed by atoms with E-state index in [1.807, 2.05) is 29.6 Å². The molecule has 0 saturated carbocycles. The molecule has 4 aromatic rings. The van der Waals surface area contributed by atoms with Crippen LogP contribution in [0.4, 0.5) is 5.69 Å². The number of benzene rings is 1. The van der Waals surface area contributed by atoms with Crippen LogP contribution in [-0.2, 0) is 4.79 Å². The quantitative estimate of drug-likeness (QED) is 0.398. The van der Waals surface area contributed by atoms with E-state index in [2.05, 4.69) is 24.3 Å². The van der Waals surface area contributed by atoms with Crippen LogP contribution < -0.4 is 11.2 Å². The van der Waals surface area contributed by atoms with Crippen molar-refractivity contribution >= 4 is 57.5 Å². The number of nitrogens with one attached hydrogen (secondary N) is 1. The van der Waals surface area contributed by atoms with E-state index in [1.54, 1.807) is 6.07 Å². The first-order chi connectivity index (χ1) is 12.2. The number of anilines is 1. The van der Waals surface area contributed by atoms with E-state index in [-0.39, 0.29) is 11.7 Å². The Morgan fingerprint density at radius 3 is 3.00 bits per heavy atom. The van der Waals surface area contributed by atoms with Crippen molar-refractivity contribution in [1.29, 1.82) is 0 Å². The summed E-state index contributed by atoms with van der Waals surface area (Å²) in [6.45, 7) is 0. The first-order valence-corrected chi connectivity index (χ1v) is 9.70. The summed E-state index contributed by atoms with van der Waals surface area (Å²) >= 11 is 3.87. The fraction of sp³-hybridized carbons (Fsp3) is 0.0714. The van der Waals surface area contributed by atoms with Gasteiger partial charge in [0.15, 0.2) is 5.82 Å². The second-order valence-corrected chi connectivity index (χ2v) is 7.35. The number of fused-ring (bicyclic) bond motifs is 1. The number of amides is 1. The topological polar surface area (TPSA) is 112 Å². The maximum atomic E-state index is 12.2. The number of carbonyl (C=O) groups excluding carboxylic acids is 1. The molecule has 0 unspecified atom stereocenters. The summed E-state index contributed by atoms with van der Waals surface area (Å²) in [5.74, 6) is 6.59. The van der Waals surface area contributed by atoms with E-state index < -0.39 is 0 Å². The predicted molar refractivity (Wildman–Crippen MR) is 100 cm³/mol. The number of carbonyl (C=O) groups is 1. The molecule has 0 fully saturated rings. The largest absolute Gasteiger partial charge is 0.335 e. The third kappa shape index (κ3) is 3.21. The molecule has 1 aromatic carbocycles. The Hall–Kier alpha value is -2.50. The lowest BCUT2D eigenvalue weighted by atomic mass is 10.2. The fourth-order valence-corrected chi connectivity index (χ4v) is 4.08. The average Bonchev–Trinajstić information content (AvgIpc) is 3.34. The number of nitrogens with two attached hydrogens (primary N) is 1. The summed E-state index contributed by atoms with van der Waals surface area (Å²) in [5.41, 5.74) is 2.09. The molecule has 0 spiro atoms. The van der Waals surface area contributed by atoms with Gasteiger partial charge in [-0.1, -0.05) is 23.9 Å². The van der Waals surface area contributed by atoms with Crippen LogP contribution in [0, 0.1) is 0 Å². The van der Waals surface area contributed by atoms with Crippen LogP contribution in [-0.4, -0.2) is 35.3 Å². The number of aromatic nitrogens is 5. The monoisotopic (exact) mass is 389 g/mol. The van der Waals surface area contributed by atoms with Crippen molar-refractivity contribution in [3.05, 3.63) is 35.7 Å². The Bertz CT molecular complexity index is 1020. The van der Waals surface area contributed by atoms with Gasteiger partial charge in [0.05, 0.1) is 28.0 Å². The summed E-state index contributed by atoms with van der Waals surface area (Å²) in [6, 6.07) is 9.32. The molecule has 0 aliphatic heterocycles. The summed E-state index contributed by atoms with van der Waals surface area (Å²) in [6.07, 6.45) is 0. The summed E-state index contributed by atoms with van der Waals surface area (Å²) in [4.78, 5) is 13.2. The lowest BCUT2D eigenvalue weighted by Gasteiger charge is -2.05. The third-order valence-corrected chi connectivity index (χ3v) is 5.65. The highest BCUT2D eigenvalue weighted by Gasteiger charge is 2.15. The van der Waals surface area contributed by atoms with Gasteiger partial charge in [-0.3, -0.25) is 4.79 Å². The van der Waals surface area contributed by atoms with Crippen molar-refractivity contribution in [1.82, 2.24) is 23.6 Å². The lowest BCUT2D eigenvalue weighted by molar-refractivity contribution is -0.113. The van der Waals surface area contributed by atoms with Crippen molar-refractivity contribution in [3.8, 4) is 10.7 Å². The number of nitrogen functional groups attached to an aromatic ring is 1. The summed E-state index contributed by atoms with van der Waals surface area (Å²) in [5, 5.41) is 13.4. The molecule has 11 heteroatoms. The van der Waals surface area contributed by atoms with Crippen molar-refractivity contribution < 1.29 is 4.79 Å². The molecular formula is C14H11N7OS3. The minimum absolute atomic E-state index is 0.160. The van der Waals surface area contributed by atoms with Gasteiger partial charge in [0.25, 0.3) is 0 Å². The first-order valence-electron chi connectivity index (χ1n) is 7.10. The van der Waals surface area contributed by atoms with Crippen LogP contribution in [0.25, 0.3) is 21.7 Å². The predicted octanol–water partition coefficient (Wildman–Crippen LogP) is 2.46. The van der Waals surface area contributed by atoms with Gasteiger partial charge in [-0.15, -0.1) is 21.5 Å². The molecule has 0 bridgehead atoms. The Kier molecular flexibility index (Phi) is 4.34. The molecule has 1 amide bonds. The minimum atomic E-state index is -0.175. The van der Waals surface area contributed by atoms with Crippen molar-refractivity contribution in [2.75, 3.05) is 16.9 Å². The highest BCUT2D eigenvalue weighted by molar-refractivity contribution is 7.99. The Balaban J connectivity index is 1.43. The second-order valence-electron chi connectivity index (χ2n) is 4.93. The van der Waals surface area contributed by atoms with Gasteiger partial charge < -0.3 is 11.2 Å². The highest BCUT2D eigenvalue weighted by Crippen LogP contribution is 2.25. The molecule has 3 heterocycles. The van der Waals surface area contributed by atoms with Crippen molar-refractivity contribution in [2.24, 2.45) is 0 Å². The van der Waals surface area contributed by atoms with Crippen LogP contribution in [0.3, 0.4) is 0 Å². The number of nitrogens with zero attached hydrogens (tertiary/aromatic N) is 5. The van der Waals surface area contributed by atoms with Gasteiger partial charge in [-0.25, -0.2) is 4.68 Å². The third-order valence-electron chi connectivity index (χ3n) is 3.30. The lowest BCUT2D eigenvalue weighted by Crippen LogP contribution is -2.16. The van der Waals surface area contributed by atoms with E-state index in [0.717, 1.165) is 22.1 Å². The van der Waals surface area contributed by atoms with Crippen LogP contribution in [0.15, 0.2) is 40.9 Å².